The maximum absolute atomic E-state index is 8.97. The number of benzene rings is 10. The Morgan fingerprint density at radius 3 is 1.49 bits per heavy atom. The number of nitrogens with zero attached hydrogens (tertiary/aromatic N) is 2. The summed E-state index contributed by atoms with van der Waals surface area (Å²) >= 11 is 0. The van der Waals surface area contributed by atoms with Gasteiger partial charge >= 0.3 is 0 Å². The minimum atomic E-state index is -0.368. The SMILES string of the molecule is N=C(NC(Nn1c2ccccc2c2cc(-c3ccc4c(c3)c3ccccc3n4-c3ccc4c5ccccc5c5ccccc5c4c3)ccc21)c1ccccc1)c1ccccc1. The van der Waals surface area contributed by atoms with Crippen molar-refractivity contribution < 1.29 is 0 Å². The molecule has 1 unspecified atom stereocenters. The number of hydrogen-bond donors (Lipinski definition) is 3. The van der Waals surface area contributed by atoms with Gasteiger partial charge in [-0.05, 0) is 97.5 Å². The summed E-state index contributed by atoms with van der Waals surface area (Å²) in [6, 6.07) is 75.6. The van der Waals surface area contributed by atoms with E-state index >= 15 is 0 Å². The van der Waals surface area contributed by atoms with Gasteiger partial charge in [0.15, 0.2) is 0 Å². The molecule has 1 atom stereocenters. The highest BCUT2D eigenvalue weighted by molar-refractivity contribution is 6.25. The first kappa shape index (κ1) is 34.9. The summed E-state index contributed by atoms with van der Waals surface area (Å²) in [6.45, 7) is 0. The van der Waals surface area contributed by atoms with Gasteiger partial charge < -0.3 is 9.88 Å². The number of rotatable bonds is 7. The van der Waals surface area contributed by atoms with Crippen molar-refractivity contribution in [1.29, 1.82) is 5.41 Å². The van der Waals surface area contributed by atoms with E-state index in [2.05, 4.69) is 184 Å². The summed E-state index contributed by atoms with van der Waals surface area (Å²) in [5, 5.41) is 24.9. The van der Waals surface area contributed by atoms with E-state index in [1.54, 1.807) is 0 Å². The molecule has 0 bridgehead atoms. The summed E-state index contributed by atoms with van der Waals surface area (Å²) in [4.78, 5) is 0. The van der Waals surface area contributed by atoms with Crippen LogP contribution in [-0.2, 0) is 0 Å². The monoisotopic (exact) mass is 781 g/mol. The molecule has 10 aromatic carbocycles. The molecule has 2 aromatic heterocycles. The number of para-hydroxylation sites is 2. The van der Waals surface area contributed by atoms with Crippen LogP contribution >= 0.6 is 0 Å². The van der Waals surface area contributed by atoms with E-state index in [1.807, 2.05) is 48.5 Å². The second-order valence-electron chi connectivity index (χ2n) is 15.8. The fourth-order valence-corrected chi connectivity index (χ4v) is 9.55. The Balaban J connectivity index is 0.974. The quantitative estimate of drug-likeness (QED) is 0.0653. The molecule has 12 rings (SSSR count). The third-order valence-corrected chi connectivity index (χ3v) is 12.4. The summed E-state index contributed by atoms with van der Waals surface area (Å²) in [7, 11) is 0. The molecule has 0 amide bonds. The van der Waals surface area contributed by atoms with E-state index in [0.29, 0.717) is 5.84 Å². The average molecular weight is 782 g/mol. The van der Waals surface area contributed by atoms with Crippen LogP contribution in [0.25, 0.3) is 92.7 Å². The van der Waals surface area contributed by atoms with Crippen molar-refractivity contribution >= 4 is 81.8 Å². The van der Waals surface area contributed by atoms with Gasteiger partial charge in [0, 0.05) is 32.8 Å². The molecule has 3 N–H and O–H groups in total. The van der Waals surface area contributed by atoms with Crippen LogP contribution in [0, 0.1) is 5.41 Å². The zero-order chi connectivity index (χ0) is 40.4. The molecule has 0 aliphatic heterocycles. The lowest BCUT2D eigenvalue weighted by Gasteiger charge is -2.25. The van der Waals surface area contributed by atoms with Crippen molar-refractivity contribution in [2.75, 3.05) is 5.43 Å². The molecule has 0 saturated carbocycles. The largest absolute Gasteiger partial charge is 0.345 e. The summed E-state index contributed by atoms with van der Waals surface area (Å²) in [6.07, 6.45) is -0.368. The number of nitrogens with one attached hydrogen (secondary N) is 3. The molecule has 5 nitrogen and oxygen atoms in total. The Labute approximate surface area is 352 Å². The highest BCUT2D eigenvalue weighted by atomic mass is 15.5. The molecule has 12 aromatic rings. The highest BCUT2D eigenvalue weighted by Crippen LogP contribution is 2.40. The highest BCUT2D eigenvalue weighted by Gasteiger charge is 2.20. The van der Waals surface area contributed by atoms with Crippen molar-refractivity contribution in [1.82, 2.24) is 14.6 Å². The molecule has 288 valence electrons. The number of fused-ring (bicyclic) bond motifs is 12. The van der Waals surface area contributed by atoms with Crippen LogP contribution < -0.4 is 10.7 Å². The maximum Gasteiger partial charge on any atom is 0.138 e. The minimum absolute atomic E-state index is 0.351. The topological polar surface area (TPSA) is 57.8 Å². The Morgan fingerprint density at radius 2 is 0.836 bits per heavy atom. The van der Waals surface area contributed by atoms with Crippen LogP contribution in [-0.4, -0.2) is 15.1 Å². The van der Waals surface area contributed by atoms with Crippen molar-refractivity contribution in [3.63, 3.8) is 0 Å². The Hall–Kier alpha value is -8.15. The smallest absolute Gasteiger partial charge is 0.138 e. The van der Waals surface area contributed by atoms with Crippen molar-refractivity contribution in [3.05, 3.63) is 223 Å². The Bertz CT molecular complexity index is 3640. The molecule has 0 aliphatic rings. The third-order valence-electron chi connectivity index (χ3n) is 12.4. The van der Waals surface area contributed by atoms with Crippen LogP contribution in [0.5, 0.6) is 0 Å². The van der Waals surface area contributed by atoms with Gasteiger partial charge in [-0.15, -0.1) is 0 Å². The van der Waals surface area contributed by atoms with Crippen molar-refractivity contribution in [2.45, 2.75) is 6.17 Å². The third kappa shape index (κ3) is 5.66. The average Bonchev–Trinajstić information content (AvgIpc) is 3.83. The van der Waals surface area contributed by atoms with E-state index in [9.17, 15) is 0 Å². The second kappa shape index (κ2) is 14.0. The molecule has 2 heterocycles. The predicted molar refractivity (Wildman–Crippen MR) is 257 cm³/mol. The summed E-state index contributed by atoms with van der Waals surface area (Å²) in [5.74, 6) is 0.351. The fourth-order valence-electron chi connectivity index (χ4n) is 9.55. The fraction of sp³-hybridized carbons (Fsp3) is 0.0179. The molecular weight excluding hydrogens is 743 g/mol. The van der Waals surface area contributed by atoms with Crippen LogP contribution in [0.15, 0.2) is 212 Å². The summed E-state index contributed by atoms with van der Waals surface area (Å²) in [5.41, 5.74) is 13.6. The number of hydrogen-bond acceptors (Lipinski definition) is 2. The molecule has 0 saturated heterocycles. The van der Waals surface area contributed by atoms with Gasteiger partial charge in [-0.3, -0.25) is 15.5 Å². The van der Waals surface area contributed by atoms with Gasteiger partial charge in [-0.1, -0.05) is 164 Å². The van der Waals surface area contributed by atoms with Crippen LogP contribution in [0.1, 0.15) is 17.3 Å². The molecule has 0 radical (unpaired) electrons. The molecule has 0 spiro atoms. The minimum Gasteiger partial charge on any atom is -0.345 e. The van der Waals surface area contributed by atoms with E-state index in [1.165, 1.54) is 59.7 Å². The first-order valence-corrected chi connectivity index (χ1v) is 20.8. The Kier molecular flexibility index (Phi) is 8.00. The Morgan fingerprint density at radius 1 is 0.377 bits per heavy atom. The lowest BCUT2D eigenvalue weighted by atomic mass is 9.94. The lowest BCUT2D eigenvalue weighted by Crippen LogP contribution is -2.37. The van der Waals surface area contributed by atoms with Gasteiger partial charge in [-0.25, -0.2) is 0 Å². The zero-order valence-electron chi connectivity index (χ0n) is 33.2. The molecule has 0 aliphatic carbocycles. The summed E-state index contributed by atoms with van der Waals surface area (Å²) < 4.78 is 4.60. The normalized spacial score (nSPS) is 12.3. The van der Waals surface area contributed by atoms with Gasteiger partial charge in [-0.2, -0.15) is 0 Å². The zero-order valence-corrected chi connectivity index (χ0v) is 33.2. The van der Waals surface area contributed by atoms with Crippen LogP contribution in [0.3, 0.4) is 0 Å². The molecule has 0 fully saturated rings. The molecule has 61 heavy (non-hydrogen) atoms. The van der Waals surface area contributed by atoms with E-state index in [0.717, 1.165) is 44.2 Å². The lowest BCUT2D eigenvalue weighted by molar-refractivity contribution is 0.655. The van der Waals surface area contributed by atoms with Gasteiger partial charge in [0.1, 0.15) is 12.0 Å². The van der Waals surface area contributed by atoms with E-state index in [4.69, 9.17) is 5.41 Å². The number of aromatic nitrogens is 2. The van der Waals surface area contributed by atoms with Gasteiger partial charge in [0.2, 0.25) is 0 Å². The van der Waals surface area contributed by atoms with Crippen molar-refractivity contribution in [2.24, 2.45) is 0 Å². The van der Waals surface area contributed by atoms with E-state index in [-0.39, 0.29) is 6.17 Å². The molecule has 5 heteroatoms. The second-order valence-corrected chi connectivity index (χ2v) is 15.8. The number of amidine groups is 1. The van der Waals surface area contributed by atoms with Crippen LogP contribution in [0.2, 0.25) is 0 Å². The first-order chi connectivity index (χ1) is 30.2. The van der Waals surface area contributed by atoms with Gasteiger partial charge in [0.25, 0.3) is 0 Å². The van der Waals surface area contributed by atoms with Gasteiger partial charge in [0.05, 0.1) is 22.1 Å². The predicted octanol–water partition coefficient (Wildman–Crippen LogP) is 13.9. The van der Waals surface area contributed by atoms with Crippen molar-refractivity contribution in [3.8, 4) is 16.8 Å². The maximum atomic E-state index is 8.97. The standard InChI is InChI=1S/C56H39N5/c57-55(36-15-3-1-4-16-36)58-56(37-17-5-2-6-18-37)59-61-53-26-14-12-24-47(53)50-34-39(28-32-54(50)61)38-27-31-52-49(33-38)46-23-11-13-25-51(46)60(52)40-29-30-45-43-21-8-7-19-41(43)42-20-9-10-22-44(42)48(45)35-40/h1-35,56,59H,(H2,57,58). The van der Waals surface area contributed by atoms with E-state index < -0.39 is 0 Å². The molecular formula is C56H39N5. The first-order valence-electron chi connectivity index (χ1n) is 20.8. The van der Waals surface area contributed by atoms with Crippen LogP contribution in [0.4, 0.5) is 0 Å².